The van der Waals surface area contributed by atoms with E-state index >= 15 is 0 Å². The summed E-state index contributed by atoms with van der Waals surface area (Å²) in [6, 6.07) is 8.39. The summed E-state index contributed by atoms with van der Waals surface area (Å²) in [5.41, 5.74) is 1.30. The van der Waals surface area contributed by atoms with Gasteiger partial charge in [-0.25, -0.2) is 0 Å². The molecular formula is C17H28N2OS. The zero-order valence-corrected chi connectivity index (χ0v) is 14.2. The van der Waals surface area contributed by atoms with Gasteiger partial charge in [-0.2, -0.15) is 12.6 Å². The van der Waals surface area contributed by atoms with Crippen LogP contribution in [0.15, 0.2) is 24.3 Å². The quantitative estimate of drug-likeness (QED) is 0.779. The Kier molecular flexibility index (Phi) is 6.71. The lowest BCUT2D eigenvalue weighted by molar-refractivity contribution is 0.221. The fourth-order valence-corrected chi connectivity index (χ4v) is 3.29. The second-order valence-electron chi connectivity index (χ2n) is 5.82. The summed E-state index contributed by atoms with van der Waals surface area (Å²) in [6.07, 6.45) is 2.55. The van der Waals surface area contributed by atoms with Gasteiger partial charge in [-0.05, 0) is 42.4 Å². The topological polar surface area (TPSA) is 15.7 Å². The SMILES string of the molecule is CCCC(CS)CN1CCN(c2ccc(OC)cc2)CC1. The molecule has 0 aliphatic carbocycles. The van der Waals surface area contributed by atoms with Crippen LogP contribution in [0.1, 0.15) is 19.8 Å². The number of hydrogen-bond acceptors (Lipinski definition) is 4. The molecule has 2 rings (SSSR count). The third-order valence-corrected chi connectivity index (χ3v) is 4.80. The van der Waals surface area contributed by atoms with E-state index in [1.165, 1.54) is 25.1 Å². The summed E-state index contributed by atoms with van der Waals surface area (Å²) in [6.45, 7) is 7.99. The van der Waals surface area contributed by atoms with Gasteiger partial charge in [-0.1, -0.05) is 13.3 Å². The lowest BCUT2D eigenvalue weighted by atomic mass is 10.0. The molecule has 118 valence electrons. The molecule has 0 saturated carbocycles. The number of methoxy groups -OCH3 is 1. The van der Waals surface area contributed by atoms with E-state index in [0.717, 1.165) is 43.6 Å². The number of benzene rings is 1. The zero-order valence-electron chi connectivity index (χ0n) is 13.3. The first kappa shape index (κ1) is 16.5. The van der Waals surface area contributed by atoms with Gasteiger partial charge in [-0.15, -0.1) is 0 Å². The van der Waals surface area contributed by atoms with Crippen LogP contribution < -0.4 is 9.64 Å². The molecule has 1 atom stereocenters. The molecule has 0 N–H and O–H groups in total. The average Bonchev–Trinajstić information content (AvgIpc) is 2.55. The lowest BCUT2D eigenvalue weighted by Gasteiger charge is -2.37. The average molecular weight is 308 g/mol. The molecule has 21 heavy (non-hydrogen) atoms. The van der Waals surface area contributed by atoms with Crippen LogP contribution in [0.3, 0.4) is 0 Å². The molecule has 1 heterocycles. The molecule has 1 aromatic rings. The van der Waals surface area contributed by atoms with Crippen LogP contribution >= 0.6 is 12.6 Å². The van der Waals surface area contributed by atoms with Crippen molar-refractivity contribution in [3.63, 3.8) is 0 Å². The molecule has 1 unspecified atom stereocenters. The van der Waals surface area contributed by atoms with E-state index in [2.05, 4.69) is 41.5 Å². The van der Waals surface area contributed by atoms with Crippen molar-refractivity contribution in [1.82, 2.24) is 4.90 Å². The summed E-state index contributed by atoms with van der Waals surface area (Å²) >= 11 is 4.49. The Morgan fingerprint density at radius 2 is 1.81 bits per heavy atom. The molecule has 1 aliphatic heterocycles. The fraction of sp³-hybridized carbons (Fsp3) is 0.647. The molecule has 1 aliphatic rings. The first-order valence-corrected chi connectivity index (χ1v) is 8.62. The molecule has 3 nitrogen and oxygen atoms in total. The third kappa shape index (κ3) is 4.82. The minimum atomic E-state index is 0.742. The molecule has 0 amide bonds. The van der Waals surface area contributed by atoms with E-state index in [4.69, 9.17) is 4.74 Å². The maximum absolute atomic E-state index is 5.22. The van der Waals surface area contributed by atoms with Crippen LogP contribution in [0.2, 0.25) is 0 Å². The number of thiol groups is 1. The highest BCUT2D eigenvalue weighted by molar-refractivity contribution is 7.80. The molecule has 1 aromatic carbocycles. The van der Waals surface area contributed by atoms with Crippen LogP contribution in [0, 0.1) is 5.92 Å². The zero-order chi connectivity index (χ0) is 15.1. The van der Waals surface area contributed by atoms with E-state index in [0.29, 0.717) is 0 Å². The van der Waals surface area contributed by atoms with Crippen molar-refractivity contribution in [1.29, 1.82) is 0 Å². The van der Waals surface area contributed by atoms with Crippen molar-refractivity contribution in [2.75, 3.05) is 50.5 Å². The smallest absolute Gasteiger partial charge is 0.119 e. The van der Waals surface area contributed by atoms with Gasteiger partial charge in [0.05, 0.1) is 7.11 Å². The number of rotatable bonds is 7. The number of piperazine rings is 1. The Bertz CT molecular complexity index is 402. The Balaban J connectivity index is 1.82. The summed E-state index contributed by atoms with van der Waals surface area (Å²) < 4.78 is 5.22. The summed E-state index contributed by atoms with van der Waals surface area (Å²) in [5, 5.41) is 0. The van der Waals surface area contributed by atoms with Crippen molar-refractivity contribution in [3.8, 4) is 5.75 Å². The molecule has 0 spiro atoms. The van der Waals surface area contributed by atoms with Crippen molar-refractivity contribution in [3.05, 3.63) is 24.3 Å². The van der Waals surface area contributed by atoms with Crippen LogP contribution in [0.4, 0.5) is 5.69 Å². The monoisotopic (exact) mass is 308 g/mol. The highest BCUT2D eigenvalue weighted by Crippen LogP contribution is 2.21. The Morgan fingerprint density at radius 3 is 2.33 bits per heavy atom. The van der Waals surface area contributed by atoms with E-state index in [9.17, 15) is 0 Å². The Hall–Kier alpha value is -0.870. The number of anilines is 1. The van der Waals surface area contributed by atoms with Gasteiger partial charge in [0, 0.05) is 38.4 Å². The Morgan fingerprint density at radius 1 is 1.14 bits per heavy atom. The van der Waals surface area contributed by atoms with Gasteiger partial charge < -0.3 is 9.64 Å². The van der Waals surface area contributed by atoms with Crippen molar-refractivity contribution in [2.24, 2.45) is 5.92 Å². The van der Waals surface area contributed by atoms with Crippen LogP contribution in [-0.2, 0) is 0 Å². The molecule has 0 radical (unpaired) electrons. The van der Waals surface area contributed by atoms with Crippen molar-refractivity contribution >= 4 is 18.3 Å². The van der Waals surface area contributed by atoms with Gasteiger partial charge >= 0.3 is 0 Å². The highest BCUT2D eigenvalue weighted by Gasteiger charge is 2.19. The number of nitrogens with zero attached hydrogens (tertiary/aromatic N) is 2. The minimum Gasteiger partial charge on any atom is -0.497 e. The van der Waals surface area contributed by atoms with E-state index in [-0.39, 0.29) is 0 Å². The van der Waals surface area contributed by atoms with Gasteiger partial charge in [0.15, 0.2) is 0 Å². The molecule has 1 saturated heterocycles. The van der Waals surface area contributed by atoms with Gasteiger partial charge in [0.25, 0.3) is 0 Å². The lowest BCUT2D eigenvalue weighted by Crippen LogP contribution is -2.48. The maximum Gasteiger partial charge on any atom is 0.119 e. The van der Waals surface area contributed by atoms with E-state index in [1.807, 2.05) is 12.1 Å². The number of ether oxygens (including phenoxy) is 1. The first-order valence-electron chi connectivity index (χ1n) is 7.99. The summed E-state index contributed by atoms with van der Waals surface area (Å²) in [7, 11) is 1.71. The molecule has 4 heteroatoms. The maximum atomic E-state index is 5.22. The van der Waals surface area contributed by atoms with Crippen molar-refractivity contribution in [2.45, 2.75) is 19.8 Å². The van der Waals surface area contributed by atoms with Crippen LogP contribution in [-0.4, -0.2) is 50.5 Å². The molecule has 0 aromatic heterocycles. The molecular weight excluding hydrogens is 280 g/mol. The fourth-order valence-electron chi connectivity index (χ4n) is 3.00. The van der Waals surface area contributed by atoms with Crippen molar-refractivity contribution < 1.29 is 4.74 Å². The minimum absolute atomic E-state index is 0.742. The third-order valence-electron chi connectivity index (χ3n) is 4.28. The second-order valence-corrected chi connectivity index (χ2v) is 6.19. The molecule has 0 bridgehead atoms. The van der Waals surface area contributed by atoms with E-state index < -0.39 is 0 Å². The summed E-state index contributed by atoms with van der Waals surface area (Å²) in [5.74, 6) is 2.67. The van der Waals surface area contributed by atoms with Crippen LogP contribution in [0.5, 0.6) is 5.75 Å². The highest BCUT2D eigenvalue weighted by atomic mass is 32.1. The Labute approximate surface area is 134 Å². The largest absolute Gasteiger partial charge is 0.497 e. The molecule has 1 fully saturated rings. The summed E-state index contributed by atoms with van der Waals surface area (Å²) in [4.78, 5) is 5.06. The standard InChI is InChI=1S/C17H28N2OS/c1-3-4-15(14-21)13-18-9-11-19(12-10-18)16-5-7-17(20-2)8-6-16/h5-8,15,21H,3-4,9-14H2,1-2H3. The van der Waals surface area contributed by atoms with E-state index in [1.54, 1.807) is 7.11 Å². The van der Waals surface area contributed by atoms with Gasteiger partial charge in [0.1, 0.15) is 5.75 Å². The predicted octanol–water partition coefficient (Wildman–Crippen LogP) is 3.16. The van der Waals surface area contributed by atoms with Crippen LogP contribution in [0.25, 0.3) is 0 Å². The van der Waals surface area contributed by atoms with Gasteiger partial charge in [-0.3, -0.25) is 4.90 Å². The van der Waals surface area contributed by atoms with Gasteiger partial charge in [0.2, 0.25) is 0 Å². The normalized spacial score (nSPS) is 17.8. The first-order chi connectivity index (χ1) is 10.3. The second kappa shape index (κ2) is 8.54. The number of hydrogen-bond donors (Lipinski definition) is 1. The predicted molar refractivity (Wildman–Crippen MR) is 93.9 cm³/mol.